The Hall–Kier alpha value is -2.63. The highest BCUT2D eigenvalue weighted by atomic mass is 32.1. The third kappa shape index (κ3) is 4.83. The number of Topliss-reactive ketones (excluding diaryl/α,β-unsaturated/α-hetero) is 1. The van der Waals surface area contributed by atoms with E-state index in [0.717, 1.165) is 45.0 Å². The predicted molar refractivity (Wildman–Crippen MR) is 133 cm³/mol. The molecule has 1 aliphatic rings. The van der Waals surface area contributed by atoms with Crippen molar-refractivity contribution in [3.63, 3.8) is 0 Å². The monoisotopic (exact) mass is 447 g/mol. The van der Waals surface area contributed by atoms with Gasteiger partial charge in [0.25, 0.3) is 0 Å². The van der Waals surface area contributed by atoms with Crippen molar-refractivity contribution in [3.05, 3.63) is 75.7 Å². The molecule has 4 rings (SSSR count). The Morgan fingerprint density at radius 2 is 1.84 bits per heavy atom. The number of hydrogen-bond donors (Lipinski definition) is 1. The average Bonchev–Trinajstić information content (AvgIpc) is 3.38. The second-order valence-electron chi connectivity index (χ2n) is 8.03. The zero-order valence-corrected chi connectivity index (χ0v) is 19.4. The lowest BCUT2D eigenvalue weighted by atomic mass is 10.0. The third-order valence-corrected chi connectivity index (χ3v) is 7.06. The minimum absolute atomic E-state index is 0.0594. The van der Waals surface area contributed by atoms with Crippen LogP contribution < -0.4 is 0 Å². The lowest BCUT2D eigenvalue weighted by molar-refractivity contribution is 0.101. The van der Waals surface area contributed by atoms with Crippen LogP contribution in [0.4, 0.5) is 0 Å². The number of nitrogens with zero attached hydrogens (tertiary/aromatic N) is 1. The molecule has 158 valence electrons. The maximum Gasteiger partial charge on any atom is 0.159 e. The molecular weight excluding hydrogens is 422 g/mol. The van der Waals surface area contributed by atoms with E-state index in [4.69, 9.17) is 12.2 Å². The van der Waals surface area contributed by atoms with Gasteiger partial charge >= 0.3 is 0 Å². The zero-order valence-electron chi connectivity index (χ0n) is 17.8. The van der Waals surface area contributed by atoms with Crippen LogP contribution in [0.3, 0.4) is 0 Å². The van der Waals surface area contributed by atoms with E-state index in [2.05, 4.69) is 23.2 Å². The van der Waals surface area contributed by atoms with Gasteiger partial charge in [0.05, 0.1) is 11.4 Å². The fraction of sp³-hybridized carbons (Fsp3) is 0.269. The molecule has 0 atom stereocenters. The minimum Gasteiger partial charge on any atom is -0.506 e. The summed E-state index contributed by atoms with van der Waals surface area (Å²) < 4.78 is 0. The van der Waals surface area contributed by atoms with E-state index in [-0.39, 0.29) is 5.78 Å². The second-order valence-corrected chi connectivity index (χ2v) is 9.49. The number of fused-ring (bicyclic) bond motifs is 1. The van der Waals surface area contributed by atoms with Crippen molar-refractivity contribution >= 4 is 39.9 Å². The van der Waals surface area contributed by atoms with Gasteiger partial charge in [0, 0.05) is 33.5 Å². The van der Waals surface area contributed by atoms with E-state index in [1.165, 1.54) is 17.5 Å². The van der Waals surface area contributed by atoms with E-state index < -0.39 is 0 Å². The highest BCUT2D eigenvalue weighted by Crippen LogP contribution is 2.40. The Kier molecular flexibility index (Phi) is 6.44. The SMILES string of the molecule is CC(=O)c1ccc(CC(=S)CN=C(C)c2csc(-c3ccc4c(c3)CCC4)c2O)cc1. The van der Waals surface area contributed by atoms with Crippen LogP contribution in [0.2, 0.25) is 0 Å². The van der Waals surface area contributed by atoms with Crippen LogP contribution >= 0.6 is 23.6 Å². The highest BCUT2D eigenvalue weighted by molar-refractivity contribution is 7.80. The van der Waals surface area contributed by atoms with E-state index in [1.807, 2.05) is 36.6 Å². The highest BCUT2D eigenvalue weighted by Gasteiger charge is 2.17. The second kappa shape index (κ2) is 9.25. The summed E-state index contributed by atoms with van der Waals surface area (Å²) in [6, 6.07) is 14.1. The first kappa shape index (κ1) is 21.6. The molecule has 5 heteroatoms. The Morgan fingerprint density at radius 1 is 1.10 bits per heavy atom. The van der Waals surface area contributed by atoms with Crippen LogP contribution in [0.25, 0.3) is 10.4 Å². The number of hydrogen-bond acceptors (Lipinski definition) is 5. The van der Waals surface area contributed by atoms with E-state index in [9.17, 15) is 9.90 Å². The maximum absolute atomic E-state index is 11.4. The van der Waals surface area contributed by atoms with Gasteiger partial charge in [-0.3, -0.25) is 9.79 Å². The molecule has 0 aliphatic heterocycles. The largest absolute Gasteiger partial charge is 0.506 e. The van der Waals surface area contributed by atoms with Crippen LogP contribution in [0, 0.1) is 0 Å². The van der Waals surface area contributed by atoms with Crippen molar-refractivity contribution in [1.29, 1.82) is 0 Å². The van der Waals surface area contributed by atoms with Crippen molar-refractivity contribution in [3.8, 4) is 16.2 Å². The molecule has 2 aromatic carbocycles. The fourth-order valence-electron chi connectivity index (χ4n) is 3.96. The number of thiocarbonyl (C=S) groups is 1. The van der Waals surface area contributed by atoms with Gasteiger partial charge in [-0.15, -0.1) is 11.3 Å². The Bertz CT molecular complexity index is 1170. The summed E-state index contributed by atoms with van der Waals surface area (Å²) in [5.74, 6) is 0.360. The zero-order chi connectivity index (χ0) is 22.0. The minimum atomic E-state index is 0.0594. The molecule has 0 saturated heterocycles. The first-order valence-corrected chi connectivity index (χ1v) is 11.8. The van der Waals surface area contributed by atoms with Gasteiger partial charge < -0.3 is 5.11 Å². The van der Waals surface area contributed by atoms with E-state index >= 15 is 0 Å². The molecule has 31 heavy (non-hydrogen) atoms. The molecule has 0 bridgehead atoms. The topological polar surface area (TPSA) is 49.7 Å². The number of aryl methyl sites for hydroxylation is 2. The van der Waals surface area contributed by atoms with Crippen molar-refractivity contribution in [1.82, 2.24) is 0 Å². The van der Waals surface area contributed by atoms with E-state index in [0.29, 0.717) is 24.3 Å². The van der Waals surface area contributed by atoms with Crippen LogP contribution in [0.1, 0.15) is 52.9 Å². The number of carbonyl (C=O) groups is 1. The van der Waals surface area contributed by atoms with Gasteiger partial charge in [-0.05, 0) is 61.4 Å². The predicted octanol–water partition coefficient (Wildman–Crippen LogP) is 6.23. The normalized spacial score (nSPS) is 13.3. The summed E-state index contributed by atoms with van der Waals surface area (Å²) in [6.45, 7) is 3.91. The number of thiophene rings is 1. The molecule has 0 unspecified atom stereocenters. The molecule has 0 spiro atoms. The van der Waals surface area contributed by atoms with Crippen LogP contribution in [-0.2, 0) is 19.3 Å². The Labute approximate surface area is 192 Å². The van der Waals surface area contributed by atoms with Gasteiger partial charge in [-0.25, -0.2) is 0 Å². The third-order valence-electron chi connectivity index (χ3n) is 5.77. The smallest absolute Gasteiger partial charge is 0.159 e. The Morgan fingerprint density at radius 3 is 2.58 bits per heavy atom. The van der Waals surface area contributed by atoms with Gasteiger partial charge in [-0.2, -0.15) is 0 Å². The maximum atomic E-state index is 11.4. The molecule has 1 heterocycles. The number of ketones is 1. The molecule has 0 radical (unpaired) electrons. The van der Waals surface area contributed by atoms with Crippen LogP contribution in [0.15, 0.2) is 52.8 Å². The van der Waals surface area contributed by atoms with Crippen molar-refractivity contribution in [2.75, 3.05) is 6.54 Å². The first-order valence-electron chi connectivity index (χ1n) is 10.5. The molecule has 1 aromatic heterocycles. The quantitative estimate of drug-likeness (QED) is 0.265. The molecule has 1 N–H and O–H groups in total. The number of aliphatic imine (C=N–C) groups is 1. The molecule has 0 fully saturated rings. The number of carbonyl (C=O) groups excluding carboxylic acids is 1. The fourth-order valence-corrected chi connectivity index (χ4v) is 5.19. The molecule has 1 aliphatic carbocycles. The van der Waals surface area contributed by atoms with Gasteiger partial charge in [0.15, 0.2) is 5.78 Å². The van der Waals surface area contributed by atoms with Gasteiger partial charge in [0.2, 0.25) is 0 Å². The van der Waals surface area contributed by atoms with Crippen molar-refractivity contribution in [2.24, 2.45) is 4.99 Å². The Balaban J connectivity index is 1.44. The molecule has 3 nitrogen and oxygen atoms in total. The van der Waals surface area contributed by atoms with Gasteiger partial charge in [0.1, 0.15) is 5.75 Å². The standard InChI is InChI=1S/C26H25NO2S2/c1-16(27-14-23(30)12-18-6-8-19(9-7-18)17(2)28)24-15-31-26(25(24)29)22-11-10-20-4-3-5-21(20)13-22/h6-11,13,15,29H,3-5,12,14H2,1-2H3. The molecule has 0 saturated carbocycles. The van der Waals surface area contributed by atoms with Gasteiger partial charge in [-0.1, -0.05) is 48.6 Å². The summed E-state index contributed by atoms with van der Waals surface area (Å²) in [4.78, 5) is 17.7. The lowest BCUT2D eigenvalue weighted by Gasteiger charge is -2.06. The number of aromatic hydroxyl groups is 1. The van der Waals surface area contributed by atoms with Crippen LogP contribution in [0.5, 0.6) is 5.75 Å². The molecular formula is C26H25NO2S2. The van der Waals surface area contributed by atoms with Crippen molar-refractivity contribution in [2.45, 2.75) is 39.5 Å². The van der Waals surface area contributed by atoms with E-state index in [1.54, 1.807) is 18.3 Å². The summed E-state index contributed by atoms with van der Waals surface area (Å²) in [5, 5.41) is 12.8. The summed E-state index contributed by atoms with van der Waals surface area (Å²) in [7, 11) is 0. The average molecular weight is 448 g/mol. The van der Waals surface area contributed by atoms with Crippen molar-refractivity contribution < 1.29 is 9.90 Å². The summed E-state index contributed by atoms with van der Waals surface area (Å²) >= 11 is 7.07. The molecule has 0 amide bonds. The molecule has 3 aromatic rings. The first-order chi connectivity index (χ1) is 14.9. The number of rotatable bonds is 7. The lowest BCUT2D eigenvalue weighted by Crippen LogP contribution is -2.07. The van der Waals surface area contributed by atoms with Crippen LogP contribution in [-0.4, -0.2) is 28.0 Å². The summed E-state index contributed by atoms with van der Waals surface area (Å²) in [6.07, 6.45) is 4.13. The summed E-state index contributed by atoms with van der Waals surface area (Å²) in [5.41, 5.74) is 7.24. The number of benzene rings is 2.